The second kappa shape index (κ2) is 12.2. The van der Waals surface area contributed by atoms with E-state index < -0.39 is 5.41 Å². The molecule has 0 bridgehead atoms. The molecular formula is C33H34O3. The Labute approximate surface area is 214 Å². The van der Waals surface area contributed by atoms with E-state index >= 15 is 0 Å². The molecule has 0 spiro atoms. The highest BCUT2D eigenvalue weighted by Gasteiger charge is 2.38. The number of hydrogen-bond acceptors (Lipinski definition) is 3. The Morgan fingerprint density at radius 3 is 1.56 bits per heavy atom. The molecule has 4 aromatic rings. The summed E-state index contributed by atoms with van der Waals surface area (Å²) in [6, 6.07) is 40.3. The van der Waals surface area contributed by atoms with Gasteiger partial charge < -0.3 is 9.47 Å². The predicted molar refractivity (Wildman–Crippen MR) is 145 cm³/mol. The smallest absolute Gasteiger partial charge is 0.308 e. The Balaban J connectivity index is 1.60. The van der Waals surface area contributed by atoms with Crippen LogP contribution in [-0.2, 0) is 14.9 Å². The molecule has 36 heavy (non-hydrogen) atoms. The third kappa shape index (κ3) is 5.52. The molecule has 3 heteroatoms. The monoisotopic (exact) mass is 478 g/mol. The van der Waals surface area contributed by atoms with Gasteiger partial charge in [0, 0.05) is 6.42 Å². The summed E-state index contributed by atoms with van der Waals surface area (Å²) in [6.45, 7) is 4.75. The Bertz CT molecular complexity index is 1110. The Morgan fingerprint density at radius 1 is 0.667 bits per heavy atom. The summed E-state index contributed by atoms with van der Waals surface area (Å²) in [5.41, 5.74) is 4.32. The van der Waals surface area contributed by atoms with Crippen LogP contribution in [-0.4, -0.2) is 19.2 Å². The van der Waals surface area contributed by atoms with E-state index in [0.29, 0.717) is 19.6 Å². The number of carbonyl (C=O) groups excluding carboxylic acids is 1. The molecule has 0 aromatic heterocycles. The summed E-state index contributed by atoms with van der Waals surface area (Å²) in [4.78, 5) is 11.8. The van der Waals surface area contributed by atoms with Crippen molar-refractivity contribution in [1.29, 1.82) is 0 Å². The summed E-state index contributed by atoms with van der Waals surface area (Å²) in [6.07, 6.45) is 1.45. The Hall–Kier alpha value is -3.85. The zero-order chi connectivity index (χ0) is 25.2. The number of carbonyl (C=O) groups is 1. The van der Waals surface area contributed by atoms with Crippen LogP contribution in [0, 0.1) is 5.92 Å². The summed E-state index contributed by atoms with van der Waals surface area (Å²) in [5, 5.41) is 0. The molecule has 1 unspecified atom stereocenters. The normalized spacial score (nSPS) is 12.1. The van der Waals surface area contributed by atoms with Crippen molar-refractivity contribution in [3.8, 4) is 5.75 Å². The van der Waals surface area contributed by atoms with Crippen molar-refractivity contribution in [3.05, 3.63) is 138 Å². The first-order valence-electron chi connectivity index (χ1n) is 12.7. The van der Waals surface area contributed by atoms with Crippen molar-refractivity contribution >= 4 is 5.97 Å². The van der Waals surface area contributed by atoms with Crippen LogP contribution < -0.4 is 4.74 Å². The molecule has 0 heterocycles. The minimum absolute atomic E-state index is 0.0578. The van der Waals surface area contributed by atoms with Crippen LogP contribution in [0.2, 0.25) is 0 Å². The Morgan fingerprint density at radius 2 is 1.11 bits per heavy atom. The van der Waals surface area contributed by atoms with Crippen LogP contribution in [0.5, 0.6) is 5.75 Å². The fraction of sp³-hybridized carbons (Fsp3) is 0.242. The standard InChI is InChI=1S/C33H34O3/c1-3-26(2)32(34)36-25-13-24-35-31-22-20-30(21-23-31)33(27-14-7-4-8-15-27,28-16-9-5-10-17-28)29-18-11-6-12-19-29/h4-12,14-23,26H,3,13,24-25H2,1-2H3. The molecule has 1 atom stereocenters. The summed E-state index contributed by atoms with van der Waals surface area (Å²) < 4.78 is 11.3. The third-order valence-corrected chi connectivity index (χ3v) is 6.72. The van der Waals surface area contributed by atoms with Gasteiger partial charge >= 0.3 is 5.97 Å². The molecule has 184 valence electrons. The lowest BCUT2D eigenvalue weighted by atomic mass is 9.65. The van der Waals surface area contributed by atoms with Crippen LogP contribution in [0.3, 0.4) is 0 Å². The summed E-state index contributed by atoms with van der Waals surface area (Å²) >= 11 is 0. The summed E-state index contributed by atoms with van der Waals surface area (Å²) in [5.74, 6) is 0.605. The quantitative estimate of drug-likeness (QED) is 0.128. The van der Waals surface area contributed by atoms with E-state index in [0.717, 1.165) is 12.2 Å². The largest absolute Gasteiger partial charge is 0.493 e. The third-order valence-electron chi connectivity index (χ3n) is 6.72. The molecule has 0 fully saturated rings. The molecule has 0 aliphatic heterocycles. The van der Waals surface area contributed by atoms with Crippen molar-refractivity contribution < 1.29 is 14.3 Å². The van der Waals surface area contributed by atoms with Gasteiger partial charge in [0.25, 0.3) is 0 Å². The average Bonchev–Trinajstić information content (AvgIpc) is 2.95. The minimum atomic E-state index is -0.466. The first-order chi connectivity index (χ1) is 17.7. The van der Waals surface area contributed by atoms with Gasteiger partial charge in [-0.05, 0) is 40.8 Å². The van der Waals surface area contributed by atoms with Crippen molar-refractivity contribution in [2.75, 3.05) is 13.2 Å². The topological polar surface area (TPSA) is 35.5 Å². The molecule has 0 radical (unpaired) electrons. The number of benzene rings is 4. The number of esters is 1. The molecule has 0 aliphatic rings. The van der Waals surface area contributed by atoms with E-state index in [1.165, 1.54) is 22.3 Å². The lowest BCUT2D eigenvalue weighted by molar-refractivity contribution is -0.148. The van der Waals surface area contributed by atoms with Crippen molar-refractivity contribution in [1.82, 2.24) is 0 Å². The second-order valence-electron chi connectivity index (χ2n) is 9.05. The van der Waals surface area contributed by atoms with Crippen LogP contribution in [0.1, 0.15) is 48.9 Å². The molecule has 0 amide bonds. The second-order valence-corrected chi connectivity index (χ2v) is 9.05. The SMILES string of the molecule is CCC(C)C(=O)OCCCOc1ccc(C(c2ccccc2)(c2ccccc2)c2ccccc2)cc1. The highest BCUT2D eigenvalue weighted by atomic mass is 16.5. The maximum absolute atomic E-state index is 11.8. The molecule has 0 saturated carbocycles. The van der Waals surface area contributed by atoms with Gasteiger partial charge in [-0.2, -0.15) is 0 Å². The highest BCUT2D eigenvalue weighted by molar-refractivity contribution is 5.71. The Kier molecular flexibility index (Phi) is 8.57. The van der Waals surface area contributed by atoms with Crippen molar-refractivity contribution in [2.45, 2.75) is 32.1 Å². The zero-order valence-electron chi connectivity index (χ0n) is 21.1. The van der Waals surface area contributed by atoms with Gasteiger partial charge in [-0.15, -0.1) is 0 Å². The van der Waals surface area contributed by atoms with E-state index in [2.05, 4.69) is 103 Å². The van der Waals surface area contributed by atoms with E-state index in [4.69, 9.17) is 9.47 Å². The molecule has 0 aliphatic carbocycles. The van der Waals surface area contributed by atoms with Gasteiger partial charge in [0.05, 0.1) is 24.5 Å². The number of ether oxygens (including phenoxy) is 2. The molecule has 0 saturated heterocycles. The summed E-state index contributed by atoms with van der Waals surface area (Å²) in [7, 11) is 0. The van der Waals surface area contributed by atoms with E-state index in [1.807, 2.05) is 26.0 Å². The molecule has 4 rings (SSSR count). The number of rotatable bonds is 11. The zero-order valence-corrected chi connectivity index (χ0v) is 21.1. The van der Waals surface area contributed by atoms with E-state index in [-0.39, 0.29) is 11.9 Å². The van der Waals surface area contributed by atoms with Gasteiger partial charge in [0.2, 0.25) is 0 Å². The van der Waals surface area contributed by atoms with Crippen LogP contribution in [0.15, 0.2) is 115 Å². The molecular weight excluding hydrogens is 444 g/mol. The fourth-order valence-electron chi connectivity index (χ4n) is 4.60. The van der Waals surface area contributed by atoms with E-state index in [1.54, 1.807) is 0 Å². The fourth-order valence-corrected chi connectivity index (χ4v) is 4.60. The van der Waals surface area contributed by atoms with Crippen molar-refractivity contribution in [2.24, 2.45) is 5.92 Å². The van der Waals surface area contributed by atoms with Gasteiger partial charge in [-0.3, -0.25) is 4.79 Å². The molecule has 4 aromatic carbocycles. The van der Waals surface area contributed by atoms with Gasteiger partial charge in [0.15, 0.2) is 0 Å². The van der Waals surface area contributed by atoms with E-state index in [9.17, 15) is 4.79 Å². The van der Waals surface area contributed by atoms with Crippen LogP contribution in [0.25, 0.3) is 0 Å². The predicted octanol–water partition coefficient (Wildman–Crippen LogP) is 7.43. The lowest BCUT2D eigenvalue weighted by Gasteiger charge is -2.36. The maximum Gasteiger partial charge on any atom is 0.308 e. The highest BCUT2D eigenvalue weighted by Crippen LogP contribution is 2.45. The van der Waals surface area contributed by atoms with Crippen molar-refractivity contribution in [3.63, 3.8) is 0 Å². The minimum Gasteiger partial charge on any atom is -0.493 e. The first-order valence-corrected chi connectivity index (χ1v) is 12.7. The van der Waals surface area contributed by atoms with Gasteiger partial charge in [0.1, 0.15) is 5.75 Å². The lowest BCUT2D eigenvalue weighted by Crippen LogP contribution is -2.30. The van der Waals surface area contributed by atoms with Crippen LogP contribution >= 0.6 is 0 Å². The number of hydrogen-bond donors (Lipinski definition) is 0. The van der Waals surface area contributed by atoms with Gasteiger partial charge in [-0.1, -0.05) is 117 Å². The maximum atomic E-state index is 11.8. The van der Waals surface area contributed by atoms with Crippen LogP contribution in [0.4, 0.5) is 0 Å². The van der Waals surface area contributed by atoms with Gasteiger partial charge in [-0.25, -0.2) is 0 Å². The molecule has 0 N–H and O–H groups in total. The first kappa shape index (κ1) is 25.2. The molecule has 3 nitrogen and oxygen atoms in total. The average molecular weight is 479 g/mol.